The van der Waals surface area contributed by atoms with Crippen molar-refractivity contribution in [3.8, 4) is 40.1 Å². The highest BCUT2D eigenvalue weighted by atomic mass is 16.5. The van der Waals surface area contributed by atoms with Crippen molar-refractivity contribution in [2.75, 3.05) is 13.7 Å². The van der Waals surface area contributed by atoms with E-state index in [0.717, 1.165) is 16.9 Å². The standard InChI is InChI=1S/C28H20O8/c1-33-22-7-6-15(9-18(22)29)23-11-19(30)27-20(31)12-24-26(28(27)36-23)17(10-25(32)35-24)16-8-14-4-2-3-5-21(14)34-13-16/h2-9,11-12,17,29,31H,10,13H2,1H3. The number of hydrogen-bond acceptors (Lipinski definition) is 8. The fourth-order valence-electron chi connectivity index (χ4n) is 4.80. The number of carbonyl (C=O) groups excluding carboxylic acids is 1. The Hall–Kier alpha value is -4.72. The zero-order chi connectivity index (χ0) is 25.0. The first-order chi connectivity index (χ1) is 17.4. The van der Waals surface area contributed by atoms with E-state index in [1.807, 2.05) is 30.3 Å². The Morgan fingerprint density at radius 3 is 2.61 bits per heavy atom. The first-order valence-electron chi connectivity index (χ1n) is 11.3. The first-order valence-corrected chi connectivity index (χ1v) is 11.3. The number of aromatic hydroxyl groups is 2. The van der Waals surface area contributed by atoms with Crippen molar-refractivity contribution >= 4 is 23.0 Å². The number of carbonyl (C=O) groups is 1. The topological polar surface area (TPSA) is 115 Å². The van der Waals surface area contributed by atoms with Crippen LogP contribution in [0.3, 0.4) is 0 Å². The molecule has 3 heterocycles. The zero-order valence-corrected chi connectivity index (χ0v) is 19.1. The van der Waals surface area contributed by atoms with Gasteiger partial charge in [0.05, 0.1) is 13.5 Å². The van der Waals surface area contributed by atoms with Gasteiger partial charge in [0, 0.05) is 34.7 Å². The Morgan fingerprint density at radius 2 is 1.81 bits per heavy atom. The third-order valence-electron chi connectivity index (χ3n) is 6.49. The molecule has 3 aromatic carbocycles. The third kappa shape index (κ3) is 3.46. The third-order valence-corrected chi connectivity index (χ3v) is 6.49. The van der Waals surface area contributed by atoms with Gasteiger partial charge in [0.2, 0.25) is 0 Å². The lowest BCUT2D eigenvalue weighted by Gasteiger charge is -2.29. The van der Waals surface area contributed by atoms with E-state index in [0.29, 0.717) is 11.1 Å². The molecule has 180 valence electrons. The highest BCUT2D eigenvalue weighted by molar-refractivity contribution is 5.93. The summed E-state index contributed by atoms with van der Waals surface area (Å²) in [6.45, 7) is 0.243. The molecule has 8 heteroatoms. The number of benzene rings is 3. The van der Waals surface area contributed by atoms with Gasteiger partial charge in [-0.05, 0) is 35.9 Å². The molecule has 6 rings (SSSR count). The van der Waals surface area contributed by atoms with Crippen LogP contribution in [0.1, 0.15) is 23.5 Å². The zero-order valence-electron chi connectivity index (χ0n) is 19.1. The molecule has 0 saturated carbocycles. The van der Waals surface area contributed by atoms with E-state index in [1.165, 1.54) is 25.3 Å². The van der Waals surface area contributed by atoms with Gasteiger partial charge in [0.1, 0.15) is 40.6 Å². The van der Waals surface area contributed by atoms with Crippen LogP contribution in [0, 0.1) is 0 Å². The lowest BCUT2D eigenvalue weighted by atomic mass is 9.83. The normalized spacial score (nSPS) is 16.4. The number of phenolic OH excluding ortho intramolecular Hbond substituents is 2. The number of rotatable bonds is 3. The first kappa shape index (κ1) is 21.8. The molecule has 1 aromatic heterocycles. The molecule has 2 N–H and O–H groups in total. The minimum Gasteiger partial charge on any atom is -0.507 e. The molecule has 4 aromatic rings. The number of methoxy groups -OCH3 is 1. The van der Waals surface area contributed by atoms with E-state index >= 15 is 0 Å². The Morgan fingerprint density at radius 1 is 0.972 bits per heavy atom. The van der Waals surface area contributed by atoms with Gasteiger partial charge in [-0.25, -0.2) is 0 Å². The van der Waals surface area contributed by atoms with Gasteiger partial charge >= 0.3 is 5.97 Å². The molecule has 0 saturated heterocycles. The SMILES string of the molecule is COc1ccc(-c2cc(=O)c3c(O)cc4c(c3o2)C(C2=Cc3ccccc3OC2)CC(=O)O4)cc1O. The summed E-state index contributed by atoms with van der Waals surface area (Å²) in [7, 11) is 1.43. The van der Waals surface area contributed by atoms with Crippen LogP contribution in [-0.4, -0.2) is 29.9 Å². The highest BCUT2D eigenvalue weighted by Crippen LogP contribution is 2.47. The van der Waals surface area contributed by atoms with Crippen molar-refractivity contribution in [1.29, 1.82) is 0 Å². The average molecular weight is 484 g/mol. The molecule has 0 aliphatic carbocycles. The summed E-state index contributed by atoms with van der Waals surface area (Å²) >= 11 is 0. The predicted molar refractivity (Wildman–Crippen MR) is 131 cm³/mol. The van der Waals surface area contributed by atoms with Gasteiger partial charge in [-0.2, -0.15) is 0 Å². The Labute approximate surface area is 204 Å². The second-order valence-corrected chi connectivity index (χ2v) is 8.65. The molecule has 1 atom stereocenters. The largest absolute Gasteiger partial charge is 0.507 e. The maximum Gasteiger partial charge on any atom is 0.312 e. The lowest BCUT2D eigenvalue weighted by Crippen LogP contribution is -2.25. The van der Waals surface area contributed by atoms with Crippen LogP contribution in [0.15, 0.2) is 69.4 Å². The number of fused-ring (bicyclic) bond motifs is 4. The van der Waals surface area contributed by atoms with Crippen LogP contribution in [0.4, 0.5) is 0 Å². The molecule has 36 heavy (non-hydrogen) atoms. The van der Waals surface area contributed by atoms with E-state index in [9.17, 15) is 19.8 Å². The average Bonchev–Trinajstić information content (AvgIpc) is 2.87. The van der Waals surface area contributed by atoms with Crippen LogP contribution < -0.4 is 19.6 Å². The van der Waals surface area contributed by atoms with Crippen molar-refractivity contribution in [2.24, 2.45) is 0 Å². The van der Waals surface area contributed by atoms with Crippen LogP contribution in [0.5, 0.6) is 28.7 Å². The molecule has 0 spiro atoms. The minimum atomic E-state index is -0.500. The molecular weight excluding hydrogens is 464 g/mol. The van der Waals surface area contributed by atoms with Gasteiger partial charge in [-0.3, -0.25) is 9.59 Å². The van der Waals surface area contributed by atoms with Crippen LogP contribution in [-0.2, 0) is 4.79 Å². The maximum absolute atomic E-state index is 13.1. The van der Waals surface area contributed by atoms with Gasteiger partial charge in [0.15, 0.2) is 16.9 Å². The smallest absolute Gasteiger partial charge is 0.312 e. The summed E-state index contributed by atoms with van der Waals surface area (Å²) in [4.78, 5) is 25.7. The number of esters is 1. The minimum absolute atomic E-state index is 0.0154. The second kappa shape index (κ2) is 8.20. The molecule has 2 aliphatic rings. The molecule has 8 nitrogen and oxygen atoms in total. The molecule has 0 radical (unpaired) electrons. The van der Waals surface area contributed by atoms with E-state index < -0.39 is 17.3 Å². The summed E-state index contributed by atoms with van der Waals surface area (Å²) in [6.07, 6.45) is 1.98. The van der Waals surface area contributed by atoms with E-state index in [1.54, 1.807) is 12.1 Å². The summed E-state index contributed by atoms with van der Waals surface area (Å²) < 4.78 is 22.7. The van der Waals surface area contributed by atoms with E-state index in [4.69, 9.17) is 18.6 Å². The monoisotopic (exact) mass is 484 g/mol. The van der Waals surface area contributed by atoms with Crippen molar-refractivity contribution in [1.82, 2.24) is 0 Å². The molecule has 0 amide bonds. The van der Waals surface area contributed by atoms with E-state index in [-0.39, 0.29) is 52.8 Å². The lowest BCUT2D eigenvalue weighted by molar-refractivity contribution is -0.135. The van der Waals surface area contributed by atoms with Crippen LogP contribution in [0.2, 0.25) is 0 Å². The molecule has 1 unspecified atom stereocenters. The summed E-state index contributed by atoms with van der Waals surface area (Å²) in [5.74, 6) is -0.131. The fourth-order valence-corrected chi connectivity index (χ4v) is 4.80. The Bertz CT molecular complexity index is 1650. The van der Waals surface area contributed by atoms with Crippen molar-refractivity contribution in [3.05, 3.63) is 81.5 Å². The van der Waals surface area contributed by atoms with Crippen molar-refractivity contribution < 1.29 is 33.6 Å². The summed E-state index contributed by atoms with van der Waals surface area (Å²) in [6, 6.07) is 14.7. The highest BCUT2D eigenvalue weighted by Gasteiger charge is 2.35. The maximum atomic E-state index is 13.1. The molecular formula is C28H20O8. The van der Waals surface area contributed by atoms with Gasteiger partial charge in [0.25, 0.3) is 0 Å². The Balaban J connectivity index is 1.58. The number of phenols is 2. The van der Waals surface area contributed by atoms with Crippen LogP contribution >= 0.6 is 0 Å². The second-order valence-electron chi connectivity index (χ2n) is 8.65. The number of hydrogen-bond donors (Lipinski definition) is 2. The number of ether oxygens (including phenoxy) is 3. The van der Waals surface area contributed by atoms with Gasteiger partial charge in [-0.1, -0.05) is 18.2 Å². The van der Waals surface area contributed by atoms with Gasteiger partial charge in [-0.15, -0.1) is 0 Å². The van der Waals surface area contributed by atoms with Gasteiger partial charge < -0.3 is 28.8 Å². The molecule has 2 aliphatic heterocycles. The molecule has 0 fully saturated rings. The number of para-hydroxylation sites is 1. The quantitative estimate of drug-likeness (QED) is 0.316. The van der Waals surface area contributed by atoms with Crippen molar-refractivity contribution in [2.45, 2.75) is 12.3 Å². The van der Waals surface area contributed by atoms with Crippen LogP contribution in [0.25, 0.3) is 28.4 Å². The molecule has 0 bridgehead atoms. The Kier molecular flexibility index (Phi) is 4.96. The van der Waals surface area contributed by atoms with E-state index in [2.05, 4.69) is 0 Å². The predicted octanol–water partition coefficient (Wildman–Crippen LogP) is 4.75. The summed E-state index contributed by atoms with van der Waals surface area (Å²) in [5, 5.41) is 20.9. The fraction of sp³-hybridized carbons (Fsp3) is 0.143. The summed E-state index contributed by atoms with van der Waals surface area (Å²) in [5.41, 5.74) is 2.24. The van der Waals surface area contributed by atoms with Crippen molar-refractivity contribution in [3.63, 3.8) is 0 Å².